The van der Waals surface area contributed by atoms with Crippen LogP contribution in [0.25, 0.3) is 0 Å². The molecule has 2 aliphatic rings. The second-order valence-corrected chi connectivity index (χ2v) is 7.68. The van der Waals surface area contributed by atoms with Crippen LogP contribution in [-0.2, 0) is 16.4 Å². The quantitative estimate of drug-likeness (QED) is 0.898. The van der Waals surface area contributed by atoms with Crippen molar-refractivity contribution in [2.24, 2.45) is 0 Å². The third-order valence-corrected chi connectivity index (χ3v) is 5.83. The molecule has 0 saturated carbocycles. The number of aromatic hydroxyl groups is 1. The van der Waals surface area contributed by atoms with Gasteiger partial charge in [-0.15, -0.1) is 0 Å². The third-order valence-electron chi connectivity index (χ3n) is 4.08. The molecule has 0 aromatic heterocycles. The van der Waals surface area contributed by atoms with Gasteiger partial charge in [0, 0.05) is 24.2 Å². The second kappa shape index (κ2) is 5.38. The zero-order chi connectivity index (χ0) is 15.0. The molecule has 1 aromatic rings. The molecule has 0 radical (unpaired) electrons. The number of ether oxygens (including phenoxy) is 2. The molecule has 3 rings (SSSR count). The first-order valence-electron chi connectivity index (χ1n) is 7.04. The van der Waals surface area contributed by atoms with Gasteiger partial charge in [-0.05, 0) is 19.0 Å². The molecule has 0 aliphatic carbocycles. The number of phenols is 1. The Labute approximate surface area is 124 Å². The first kappa shape index (κ1) is 14.5. The Morgan fingerprint density at radius 3 is 2.67 bits per heavy atom. The Kier molecular flexibility index (Phi) is 3.71. The normalized spacial score (nSPS) is 22.9. The van der Waals surface area contributed by atoms with Crippen LogP contribution in [0.4, 0.5) is 0 Å². The van der Waals surface area contributed by atoms with Gasteiger partial charge in [-0.1, -0.05) is 6.92 Å². The Morgan fingerprint density at radius 1 is 1.33 bits per heavy atom. The minimum absolute atomic E-state index is 0.0184. The van der Waals surface area contributed by atoms with Gasteiger partial charge in [0.05, 0.1) is 11.5 Å². The average Bonchev–Trinajstić information content (AvgIpc) is 3.01. The molecule has 1 aromatic carbocycles. The van der Waals surface area contributed by atoms with Crippen molar-refractivity contribution in [3.8, 4) is 17.2 Å². The lowest BCUT2D eigenvalue weighted by Gasteiger charge is -2.26. The van der Waals surface area contributed by atoms with Gasteiger partial charge in [-0.2, -0.15) is 0 Å². The van der Waals surface area contributed by atoms with Gasteiger partial charge >= 0.3 is 0 Å². The minimum atomic E-state index is -2.91. The lowest BCUT2D eigenvalue weighted by atomic mass is 10.1. The van der Waals surface area contributed by atoms with E-state index in [-0.39, 0.29) is 30.1 Å². The van der Waals surface area contributed by atoms with Crippen LogP contribution in [0.15, 0.2) is 12.1 Å². The predicted octanol–water partition coefficient (Wildman–Crippen LogP) is 1.13. The minimum Gasteiger partial charge on any atom is -0.507 e. The molecule has 7 heteroatoms. The maximum absolute atomic E-state index is 11.6. The van der Waals surface area contributed by atoms with Gasteiger partial charge in [-0.25, -0.2) is 8.42 Å². The fourth-order valence-electron chi connectivity index (χ4n) is 2.88. The van der Waals surface area contributed by atoms with Gasteiger partial charge in [0.1, 0.15) is 5.75 Å². The van der Waals surface area contributed by atoms with Crippen molar-refractivity contribution in [1.29, 1.82) is 0 Å². The van der Waals surface area contributed by atoms with E-state index in [0.717, 1.165) is 12.1 Å². The van der Waals surface area contributed by atoms with Crippen LogP contribution in [0.1, 0.15) is 18.9 Å². The highest BCUT2D eigenvalue weighted by Gasteiger charge is 2.32. The summed E-state index contributed by atoms with van der Waals surface area (Å²) in [6, 6.07) is 3.34. The van der Waals surface area contributed by atoms with E-state index < -0.39 is 9.84 Å². The third kappa shape index (κ3) is 2.94. The lowest BCUT2D eigenvalue weighted by Crippen LogP contribution is -2.35. The number of nitrogens with zero attached hydrogens (tertiary/aromatic N) is 1. The molecule has 2 heterocycles. The SMILES string of the molecule is CCN(Cc1cc2c(cc1O)OCO2)[C@H]1CCS(=O)(=O)C1. The van der Waals surface area contributed by atoms with Crippen molar-refractivity contribution >= 4 is 9.84 Å². The van der Waals surface area contributed by atoms with Crippen molar-refractivity contribution < 1.29 is 23.0 Å². The van der Waals surface area contributed by atoms with Crippen LogP contribution in [-0.4, -0.2) is 49.3 Å². The summed E-state index contributed by atoms with van der Waals surface area (Å²) < 4.78 is 33.8. The standard InChI is InChI=1S/C14H19NO5S/c1-2-15(11-3-4-21(17,18)8-11)7-10-5-13-14(6-12(10)16)20-9-19-13/h5-6,11,16H,2-4,7-9H2,1H3/t11-/m0/s1. The molecule has 0 bridgehead atoms. The summed E-state index contributed by atoms with van der Waals surface area (Å²) in [5, 5.41) is 10.1. The molecular formula is C14H19NO5S. The molecule has 0 spiro atoms. The molecular weight excluding hydrogens is 294 g/mol. The summed E-state index contributed by atoms with van der Waals surface area (Å²) in [5.41, 5.74) is 0.727. The van der Waals surface area contributed by atoms with E-state index in [9.17, 15) is 13.5 Å². The van der Waals surface area contributed by atoms with Crippen LogP contribution in [0.3, 0.4) is 0 Å². The topological polar surface area (TPSA) is 76.1 Å². The van der Waals surface area contributed by atoms with E-state index in [2.05, 4.69) is 4.90 Å². The molecule has 0 amide bonds. The van der Waals surface area contributed by atoms with Crippen molar-refractivity contribution in [3.05, 3.63) is 17.7 Å². The summed E-state index contributed by atoms with van der Waals surface area (Å²) in [6.07, 6.45) is 0.654. The Bertz CT molecular complexity index is 643. The van der Waals surface area contributed by atoms with Crippen LogP contribution < -0.4 is 9.47 Å². The number of benzene rings is 1. The van der Waals surface area contributed by atoms with E-state index in [0.29, 0.717) is 24.5 Å². The van der Waals surface area contributed by atoms with Crippen molar-refractivity contribution in [2.45, 2.75) is 25.9 Å². The second-order valence-electron chi connectivity index (χ2n) is 5.45. The van der Waals surface area contributed by atoms with Crippen LogP contribution in [0.2, 0.25) is 0 Å². The first-order valence-corrected chi connectivity index (χ1v) is 8.86. The zero-order valence-corrected chi connectivity index (χ0v) is 12.7. The number of hydrogen-bond donors (Lipinski definition) is 1. The molecule has 0 unspecified atom stereocenters. The van der Waals surface area contributed by atoms with E-state index >= 15 is 0 Å². The zero-order valence-electron chi connectivity index (χ0n) is 11.9. The predicted molar refractivity (Wildman–Crippen MR) is 77.4 cm³/mol. The number of hydrogen-bond acceptors (Lipinski definition) is 6. The fourth-order valence-corrected chi connectivity index (χ4v) is 4.64. The van der Waals surface area contributed by atoms with E-state index in [4.69, 9.17) is 9.47 Å². The highest BCUT2D eigenvalue weighted by atomic mass is 32.2. The summed E-state index contributed by atoms with van der Waals surface area (Å²) in [7, 11) is -2.91. The maximum Gasteiger partial charge on any atom is 0.231 e. The van der Waals surface area contributed by atoms with Crippen LogP contribution in [0, 0.1) is 0 Å². The molecule has 6 nitrogen and oxygen atoms in total. The van der Waals surface area contributed by atoms with E-state index in [1.807, 2.05) is 6.92 Å². The van der Waals surface area contributed by atoms with E-state index in [1.165, 1.54) is 0 Å². The molecule has 1 N–H and O–H groups in total. The number of rotatable bonds is 4. The highest BCUT2D eigenvalue weighted by molar-refractivity contribution is 7.91. The summed E-state index contributed by atoms with van der Waals surface area (Å²) >= 11 is 0. The Balaban J connectivity index is 1.78. The van der Waals surface area contributed by atoms with Crippen molar-refractivity contribution in [1.82, 2.24) is 4.90 Å². The molecule has 1 fully saturated rings. The van der Waals surface area contributed by atoms with Crippen molar-refractivity contribution in [2.75, 3.05) is 24.8 Å². The molecule has 1 saturated heterocycles. The van der Waals surface area contributed by atoms with Gasteiger partial charge in [0.25, 0.3) is 0 Å². The van der Waals surface area contributed by atoms with E-state index in [1.54, 1.807) is 12.1 Å². The lowest BCUT2D eigenvalue weighted by molar-refractivity contribution is 0.173. The molecule has 2 aliphatic heterocycles. The highest BCUT2D eigenvalue weighted by Crippen LogP contribution is 2.38. The molecule has 1 atom stereocenters. The smallest absolute Gasteiger partial charge is 0.231 e. The van der Waals surface area contributed by atoms with Crippen LogP contribution in [0.5, 0.6) is 17.2 Å². The fraction of sp³-hybridized carbons (Fsp3) is 0.571. The number of phenolic OH excluding ortho intramolecular Hbond substituents is 1. The summed E-state index contributed by atoms with van der Waals surface area (Å²) in [6.45, 7) is 3.39. The van der Waals surface area contributed by atoms with Gasteiger partial charge in [-0.3, -0.25) is 4.90 Å². The maximum atomic E-state index is 11.6. The number of fused-ring (bicyclic) bond motifs is 1. The van der Waals surface area contributed by atoms with Gasteiger partial charge in [0.2, 0.25) is 6.79 Å². The summed E-state index contributed by atoms with van der Waals surface area (Å²) in [4.78, 5) is 2.09. The first-order chi connectivity index (χ1) is 9.98. The molecule has 116 valence electrons. The monoisotopic (exact) mass is 313 g/mol. The van der Waals surface area contributed by atoms with Crippen LogP contribution >= 0.6 is 0 Å². The number of sulfone groups is 1. The largest absolute Gasteiger partial charge is 0.507 e. The molecule has 21 heavy (non-hydrogen) atoms. The van der Waals surface area contributed by atoms with Gasteiger partial charge in [0.15, 0.2) is 21.3 Å². The summed E-state index contributed by atoms with van der Waals surface area (Å²) in [5.74, 6) is 1.77. The Hall–Kier alpha value is -1.47. The Morgan fingerprint density at radius 2 is 2.05 bits per heavy atom. The van der Waals surface area contributed by atoms with Crippen molar-refractivity contribution in [3.63, 3.8) is 0 Å². The van der Waals surface area contributed by atoms with Gasteiger partial charge < -0.3 is 14.6 Å². The average molecular weight is 313 g/mol.